The van der Waals surface area contributed by atoms with Gasteiger partial charge >= 0.3 is 0 Å². The Labute approximate surface area is 275 Å². The third-order valence-corrected chi connectivity index (χ3v) is 11.7. The lowest BCUT2D eigenvalue weighted by molar-refractivity contribution is -0.141. The van der Waals surface area contributed by atoms with Crippen LogP contribution in [0.15, 0.2) is 67.8 Å². The van der Waals surface area contributed by atoms with E-state index in [0.717, 1.165) is 5.56 Å². The molecular weight excluding hydrogens is 610 g/mol. The van der Waals surface area contributed by atoms with Gasteiger partial charge in [0.25, 0.3) is 5.91 Å². The minimum absolute atomic E-state index is 0.122. The zero-order valence-corrected chi connectivity index (χ0v) is 27.7. The molecule has 5 rings (SSSR count). The number of rotatable bonds is 13. The maximum absolute atomic E-state index is 14.9. The number of anilines is 2. The number of benzene rings is 2. The normalized spacial score (nSPS) is 25.5. The largest absolute Gasteiger partial charge is 0.494 e. The van der Waals surface area contributed by atoms with Gasteiger partial charge in [-0.2, -0.15) is 0 Å². The summed E-state index contributed by atoms with van der Waals surface area (Å²) in [7, 11) is 0. The first-order valence-electron chi connectivity index (χ1n) is 15.6. The molecule has 0 radical (unpaired) electrons. The van der Waals surface area contributed by atoms with E-state index in [2.05, 4.69) is 13.2 Å². The Kier molecular flexibility index (Phi) is 10.0. The molecule has 0 aromatic heterocycles. The number of nitrogens with zero attached hydrogens (tertiary/aromatic N) is 3. The molecule has 8 nitrogen and oxygen atoms in total. The molecule has 3 amide bonds. The van der Waals surface area contributed by atoms with Gasteiger partial charge in [0.2, 0.25) is 11.8 Å². The molecule has 3 fully saturated rings. The summed E-state index contributed by atoms with van der Waals surface area (Å²) >= 11 is 8.28. The smallest absolute Gasteiger partial charge is 0.251 e. The first-order valence-corrected chi connectivity index (χ1v) is 16.9. The van der Waals surface area contributed by atoms with Gasteiger partial charge in [0.05, 0.1) is 46.5 Å². The van der Waals surface area contributed by atoms with Gasteiger partial charge in [-0.1, -0.05) is 42.8 Å². The van der Waals surface area contributed by atoms with Gasteiger partial charge in [0.1, 0.15) is 11.8 Å². The van der Waals surface area contributed by atoms with Crippen LogP contribution in [0.2, 0.25) is 5.02 Å². The zero-order chi connectivity index (χ0) is 32.5. The predicted octanol–water partition coefficient (Wildman–Crippen LogP) is 5.65. The van der Waals surface area contributed by atoms with Crippen molar-refractivity contribution >= 4 is 52.5 Å². The van der Waals surface area contributed by atoms with Gasteiger partial charge in [-0.3, -0.25) is 14.4 Å². The Bertz CT molecular complexity index is 1440. The number of amides is 3. The summed E-state index contributed by atoms with van der Waals surface area (Å²) < 4.78 is 4.77. The fourth-order valence-electron chi connectivity index (χ4n) is 7.51. The molecule has 3 aliphatic rings. The topological polar surface area (TPSA) is 90.4 Å². The molecule has 3 aliphatic heterocycles. The Morgan fingerprint density at radius 2 is 1.82 bits per heavy atom. The summed E-state index contributed by atoms with van der Waals surface area (Å²) in [4.78, 5) is 48.9. The molecule has 45 heavy (non-hydrogen) atoms. The second kappa shape index (κ2) is 13.6. The molecular formula is C35H42ClN3O5S. The highest BCUT2D eigenvalue weighted by Gasteiger charge is 2.74. The molecule has 3 heterocycles. The van der Waals surface area contributed by atoms with Crippen molar-refractivity contribution in [3.63, 3.8) is 0 Å². The average molecular weight is 652 g/mol. The molecule has 240 valence electrons. The van der Waals surface area contributed by atoms with Crippen molar-refractivity contribution in [3.05, 3.63) is 78.4 Å². The van der Waals surface area contributed by atoms with E-state index >= 15 is 0 Å². The first-order chi connectivity index (χ1) is 21.7. The number of hydrogen-bond acceptors (Lipinski definition) is 6. The Balaban J connectivity index is 1.58. The highest BCUT2D eigenvalue weighted by Crippen LogP contribution is 2.67. The third kappa shape index (κ3) is 5.57. The van der Waals surface area contributed by atoms with Crippen LogP contribution in [-0.4, -0.2) is 76.1 Å². The lowest BCUT2D eigenvalue weighted by atomic mass is 9.70. The van der Waals surface area contributed by atoms with Crippen LogP contribution in [0.25, 0.3) is 0 Å². The van der Waals surface area contributed by atoms with Crippen molar-refractivity contribution in [2.75, 3.05) is 36.1 Å². The number of carbonyl (C=O) groups excluding carboxylic acids is 3. The number of hydrogen-bond donors (Lipinski definition) is 1. The number of likely N-dealkylation sites (tertiary alicyclic amines) is 1. The quantitative estimate of drug-likeness (QED) is 0.282. The van der Waals surface area contributed by atoms with E-state index in [9.17, 15) is 19.5 Å². The molecule has 3 saturated heterocycles. The molecule has 1 N–H and O–H groups in total. The number of halogens is 1. The van der Waals surface area contributed by atoms with E-state index < -0.39 is 28.7 Å². The molecule has 10 heteroatoms. The minimum atomic E-state index is -0.881. The van der Waals surface area contributed by atoms with Crippen LogP contribution in [0.4, 0.5) is 11.4 Å². The van der Waals surface area contributed by atoms with E-state index in [-0.39, 0.29) is 42.7 Å². The zero-order valence-electron chi connectivity index (χ0n) is 26.2. The van der Waals surface area contributed by atoms with Gasteiger partial charge in [-0.25, -0.2) is 0 Å². The number of carbonyl (C=O) groups is 3. The maximum Gasteiger partial charge on any atom is 0.251 e. The Hall–Kier alpha value is -3.27. The standard InChI is InChI=1S/C35H42ClN3O5S/c1-6-19-37(24-13-15-25(16-14-24)44-9-4)32(41)28-27-17-18-35(45-27)29(28)33(42)39(23(8-3)21-40)31(35)34(43)38(20-7-2)30-22(5)11-10-12-26(30)36/h6-7,10-16,23,27-29,31,40H,1-2,8-9,17-21H2,3-5H3/t23-,27-,28+,29-,31?,35?/m0/s1. The second-order valence-electron chi connectivity index (χ2n) is 11.9. The third-order valence-electron chi connectivity index (χ3n) is 9.41. The van der Waals surface area contributed by atoms with Gasteiger partial charge in [0, 0.05) is 24.0 Å². The number of para-hydroxylation sites is 1. The van der Waals surface area contributed by atoms with E-state index in [1.165, 1.54) is 0 Å². The van der Waals surface area contributed by atoms with Crippen LogP contribution in [0.1, 0.15) is 38.7 Å². The lowest BCUT2D eigenvalue weighted by Gasteiger charge is -2.40. The SMILES string of the molecule is C=CCN(C(=O)[C@@H]1[C@@H]2CCC3(S2)C(C(=O)N(CC=C)c2c(C)cccc2Cl)N([C@@H](CC)CO)C(=O)[C@H]13)c1ccc(OCC)cc1. The van der Waals surface area contributed by atoms with Crippen molar-refractivity contribution in [3.8, 4) is 5.75 Å². The van der Waals surface area contributed by atoms with Crippen LogP contribution >= 0.6 is 23.4 Å². The van der Waals surface area contributed by atoms with Gasteiger partial charge in [0.15, 0.2) is 0 Å². The Morgan fingerprint density at radius 1 is 1.13 bits per heavy atom. The number of aliphatic hydroxyl groups excluding tert-OH is 1. The molecule has 2 aromatic carbocycles. The summed E-state index contributed by atoms with van der Waals surface area (Å²) in [5.74, 6) is -1.32. The number of thioether (sulfide) groups is 1. The van der Waals surface area contributed by atoms with Crippen molar-refractivity contribution in [1.82, 2.24) is 4.90 Å². The fraction of sp³-hybridized carbons (Fsp3) is 0.457. The van der Waals surface area contributed by atoms with Crippen molar-refractivity contribution in [1.29, 1.82) is 0 Å². The van der Waals surface area contributed by atoms with Gasteiger partial charge in [-0.05, 0) is 69.0 Å². The second-order valence-corrected chi connectivity index (χ2v) is 13.9. The summed E-state index contributed by atoms with van der Waals surface area (Å²) in [6.45, 7) is 14.2. The summed E-state index contributed by atoms with van der Waals surface area (Å²) in [6.07, 6.45) is 5.11. The molecule has 6 atom stereocenters. The fourth-order valence-corrected chi connectivity index (χ4v) is 10.0. The summed E-state index contributed by atoms with van der Waals surface area (Å²) in [6, 6.07) is 11.4. The number of fused-ring (bicyclic) bond motifs is 1. The van der Waals surface area contributed by atoms with Crippen molar-refractivity contribution in [2.45, 2.75) is 62.1 Å². The van der Waals surface area contributed by atoms with E-state index in [0.29, 0.717) is 48.0 Å². The van der Waals surface area contributed by atoms with Gasteiger partial charge in [-0.15, -0.1) is 24.9 Å². The van der Waals surface area contributed by atoms with Crippen LogP contribution in [0.5, 0.6) is 5.75 Å². The van der Waals surface area contributed by atoms with E-state index in [4.69, 9.17) is 16.3 Å². The summed E-state index contributed by atoms with van der Waals surface area (Å²) in [5, 5.41) is 10.8. The average Bonchev–Trinajstić information content (AvgIpc) is 3.68. The lowest BCUT2D eigenvalue weighted by Crippen LogP contribution is -2.57. The number of aliphatic hydroxyl groups is 1. The van der Waals surface area contributed by atoms with Crippen LogP contribution < -0.4 is 14.5 Å². The minimum Gasteiger partial charge on any atom is -0.494 e. The number of ether oxygens (including phenoxy) is 1. The monoisotopic (exact) mass is 651 g/mol. The molecule has 0 aliphatic carbocycles. The molecule has 1 spiro atoms. The number of aryl methyl sites for hydroxylation is 1. The Morgan fingerprint density at radius 3 is 2.42 bits per heavy atom. The molecule has 0 saturated carbocycles. The van der Waals surface area contributed by atoms with Crippen molar-refractivity contribution < 1.29 is 24.2 Å². The molecule has 2 aromatic rings. The first kappa shape index (κ1) is 33.1. The molecule has 2 unspecified atom stereocenters. The van der Waals surface area contributed by atoms with Crippen LogP contribution in [0, 0.1) is 18.8 Å². The highest BCUT2D eigenvalue weighted by molar-refractivity contribution is 8.02. The van der Waals surface area contributed by atoms with E-state index in [1.807, 2.05) is 57.2 Å². The summed E-state index contributed by atoms with van der Waals surface area (Å²) in [5.41, 5.74) is 2.09. The van der Waals surface area contributed by atoms with Crippen LogP contribution in [-0.2, 0) is 14.4 Å². The predicted molar refractivity (Wildman–Crippen MR) is 181 cm³/mol. The maximum atomic E-state index is 14.9. The van der Waals surface area contributed by atoms with Crippen molar-refractivity contribution in [2.24, 2.45) is 11.8 Å². The highest BCUT2D eigenvalue weighted by atomic mass is 35.5. The van der Waals surface area contributed by atoms with Gasteiger partial charge < -0.3 is 24.5 Å². The van der Waals surface area contributed by atoms with E-state index in [1.54, 1.807) is 44.7 Å². The van der Waals surface area contributed by atoms with Crippen LogP contribution in [0.3, 0.4) is 0 Å². The molecule has 2 bridgehead atoms.